The molecule has 2 rings (SSSR count). The van der Waals surface area contributed by atoms with Crippen molar-refractivity contribution in [2.75, 3.05) is 25.0 Å². The fourth-order valence-electron chi connectivity index (χ4n) is 2.96. The molecule has 0 spiro atoms. The molecule has 1 aliphatic rings. The van der Waals surface area contributed by atoms with Crippen LogP contribution in [0, 0.1) is 0 Å². The van der Waals surface area contributed by atoms with Crippen molar-refractivity contribution >= 4 is 46.1 Å². The zero-order chi connectivity index (χ0) is 29.6. The van der Waals surface area contributed by atoms with Crippen LogP contribution in [0.3, 0.4) is 0 Å². The fraction of sp³-hybridized carbons (Fsp3) is 0.667. The standard InChI is InChI=1S/C24H38N6O8S/c1-22(2,3)36-19(34)24(7,8)38-30-16(14-12-39-20(27-14)29-21(35)37-23(4,5)6)18(33)28-15-13(26-17(15)32)11-25-9-10-31/h12-13,15,25,31H,9-11H2,1-8H3,(H,26,32)(H,28,33)(H,27,29,35)/t13-,15+/m1/s1. The predicted molar refractivity (Wildman–Crippen MR) is 143 cm³/mol. The molecule has 0 unspecified atom stereocenters. The van der Waals surface area contributed by atoms with Gasteiger partial charge in [0.1, 0.15) is 22.9 Å². The van der Waals surface area contributed by atoms with Crippen LogP contribution in [-0.4, -0.2) is 88.3 Å². The average molecular weight is 571 g/mol. The number of rotatable bonds is 11. The first kappa shape index (κ1) is 31.9. The van der Waals surface area contributed by atoms with Crippen LogP contribution in [0.15, 0.2) is 10.5 Å². The van der Waals surface area contributed by atoms with Gasteiger partial charge in [0.2, 0.25) is 11.5 Å². The van der Waals surface area contributed by atoms with Gasteiger partial charge in [-0.2, -0.15) is 0 Å². The lowest BCUT2D eigenvalue weighted by Crippen LogP contribution is -2.72. The van der Waals surface area contributed by atoms with E-state index in [1.54, 1.807) is 41.5 Å². The van der Waals surface area contributed by atoms with E-state index < -0.39 is 52.8 Å². The van der Waals surface area contributed by atoms with E-state index in [0.29, 0.717) is 13.1 Å². The molecule has 0 radical (unpaired) electrons. The molecule has 3 amide bonds. The maximum absolute atomic E-state index is 13.3. The molecule has 1 fully saturated rings. The normalized spacial score (nSPS) is 18.0. The van der Waals surface area contributed by atoms with Gasteiger partial charge in [-0.1, -0.05) is 5.16 Å². The molecule has 2 heterocycles. The number of esters is 1. The fourth-order valence-corrected chi connectivity index (χ4v) is 3.64. The lowest BCUT2D eigenvalue weighted by atomic mass is 9.98. The van der Waals surface area contributed by atoms with Gasteiger partial charge in [-0.3, -0.25) is 14.9 Å². The summed E-state index contributed by atoms with van der Waals surface area (Å²) in [5, 5.41) is 25.2. The van der Waals surface area contributed by atoms with Crippen LogP contribution < -0.4 is 21.3 Å². The van der Waals surface area contributed by atoms with Crippen LogP contribution in [0.4, 0.5) is 9.93 Å². The molecule has 1 aromatic heterocycles. The third-order valence-corrected chi connectivity index (χ3v) is 5.54. The molecule has 0 aliphatic carbocycles. The highest BCUT2D eigenvalue weighted by molar-refractivity contribution is 7.14. The molecule has 0 aromatic carbocycles. The largest absolute Gasteiger partial charge is 0.457 e. The van der Waals surface area contributed by atoms with Gasteiger partial charge in [0, 0.05) is 18.5 Å². The van der Waals surface area contributed by atoms with E-state index in [4.69, 9.17) is 19.4 Å². The van der Waals surface area contributed by atoms with Gasteiger partial charge in [0.25, 0.3) is 5.91 Å². The maximum Gasteiger partial charge on any atom is 0.413 e. The van der Waals surface area contributed by atoms with E-state index in [1.165, 1.54) is 19.2 Å². The zero-order valence-corrected chi connectivity index (χ0v) is 24.3. The molecule has 218 valence electrons. The topological polar surface area (TPSA) is 190 Å². The van der Waals surface area contributed by atoms with Crippen molar-refractivity contribution in [2.45, 2.75) is 84.3 Å². The third-order valence-electron chi connectivity index (χ3n) is 4.78. The number of hydrogen-bond donors (Lipinski definition) is 5. The molecule has 14 nitrogen and oxygen atoms in total. The average Bonchev–Trinajstić information content (AvgIpc) is 3.22. The predicted octanol–water partition coefficient (Wildman–Crippen LogP) is 0.896. The van der Waals surface area contributed by atoms with Gasteiger partial charge < -0.3 is 35.4 Å². The summed E-state index contributed by atoms with van der Waals surface area (Å²) in [4.78, 5) is 59.9. The number of thiazole rings is 1. The van der Waals surface area contributed by atoms with Crippen molar-refractivity contribution in [3.63, 3.8) is 0 Å². The Hall–Kier alpha value is -3.30. The van der Waals surface area contributed by atoms with Gasteiger partial charge in [0.05, 0.1) is 12.6 Å². The van der Waals surface area contributed by atoms with Crippen molar-refractivity contribution in [2.24, 2.45) is 5.16 Å². The van der Waals surface area contributed by atoms with Crippen LogP contribution in [0.1, 0.15) is 61.1 Å². The van der Waals surface area contributed by atoms with Crippen molar-refractivity contribution in [3.8, 4) is 0 Å². The van der Waals surface area contributed by atoms with Gasteiger partial charge in [-0.05, 0) is 55.4 Å². The molecule has 2 atom stereocenters. The Morgan fingerprint density at radius 1 is 1.10 bits per heavy atom. The van der Waals surface area contributed by atoms with Gasteiger partial charge in [-0.25, -0.2) is 14.6 Å². The number of carbonyl (C=O) groups excluding carboxylic acids is 4. The van der Waals surface area contributed by atoms with Gasteiger partial charge in [-0.15, -0.1) is 11.3 Å². The first-order chi connectivity index (χ1) is 17.9. The number of nitrogens with zero attached hydrogens (tertiary/aromatic N) is 2. The minimum Gasteiger partial charge on any atom is -0.457 e. The number of β-lactam (4-membered cyclic amide) rings is 1. The van der Waals surface area contributed by atoms with Gasteiger partial charge >= 0.3 is 12.1 Å². The summed E-state index contributed by atoms with van der Waals surface area (Å²) in [5.41, 5.74) is -3.39. The highest BCUT2D eigenvalue weighted by Gasteiger charge is 2.41. The number of aliphatic hydroxyl groups is 1. The Bertz CT molecular complexity index is 1090. The van der Waals surface area contributed by atoms with Crippen molar-refractivity contribution < 1.29 is 38.6 Å². The summed E-state index contributed by atoms with van der Waals surface area (Å²) in [5.74, 6) is -1.91. The van der Waals surface area contributed by atoms with E-state index in [0.717, 1.165) is 11.3 Å². The second-order valence-electron chi connectivity index (χ2n) is 11.2. The number of aliphatic hydroxyl groups excluding tert-OH is 1. The lowest BCUT2D eigenvalue weighted by molar-refractivity contribution is -0.179. The third kappa shape index (κ3) is 10.1. The molecule has 15 heteroatoms. The first-order valence-corrected chi connectivity index (χ1v) is 13.2. The van der Waals surface area contributed by atoms with E-state index >= 15 is 0 Å². The van der Waals surface area contributed by atoms with Crippen molar-refractivity contribution in [1.29, 1.82) is 0 Å². The van der Waals surface area contributed by atoms with Crippen LogP contribution in [0.5, 0.6) is 0 Å². The highest BCUT2D eigenvalue weighted by atomic mass is 32.1. The number of anilines is 1. The smallest absolute Gasteiger partial charge is 0.413 e. The number of aromatic nitrogens is 1. The molecule has 0 saturated carbocycles. The van der Waals surface area contributed by atoms with E-state index in [2.05, 4.69) is 31.4 Å². The Morgan fingerprint density at radius 2 is 1.74 bits per heavy atom. The summed E-state index contributed by atoms with van der Waals surface area (Å²) in [7, 11) is 0. The minimum atomic E-state index is -1.57. The molecular weight excluding hydrogens is 532 g/mol. The molecule has 1 saturated heterocycles. The maximum atomic E-state index is 13.3. The first-order valence-electron chi connectivity index (χ1n) is 12.3. The van der Waals surface area contributed by atoms with Crippen molar-refractivity contribution in [1.82, 2.24) is 20.9 Å². The summed E-state index contributed by atoms with van der Waals surface area (Å²) in [6.07, 6.45) is -0.738. The van der Waals surface area contributed by atoms with E-state index in [-0.39, 0.29) is 23.1 Å². The Labute approximate surface area is 231 Å². The van der Waals surface area contributed by atoms with Crippen LogP contribution >= 0.6 is 11.3 Å². The van der Waals surface area contributed by atoms with Crippen molar-refractivity contribution in [3.05, 3.63) is 11.1 Å². The number of nitrogens with one attached hydrogen (secondary N) is 4. The van der Waals surface area contributed by atoms with Crippen LogP contribution in [0.25, 0.3) is 0 Å². The molecule has 5 N–H and O–H groups in total. The summed E-state index contributed by atoms with van der Waals surface area (Å²) >= 11 is 1.01. The second kappa shape index (κ2) is 12.7. The molecule has 0 bridgehead atoms. The summed E-state index contributed by atoms with van der Waals surface area (Å²) in [6, 6.07) is -1.31. The second-order valence-corrected chi connectivity index (χ2v) is 12.1. The Morgan fingerprint density at radius 3 is 2.31 bits per heavy atom. The number of oxime groups is 1. The monoisotopic (exact) mass is 570 g/mol. The molecule has 39 heavy (non-hydrogen) atoms. The van der Waals surface area contributed by atoms with E-state index in [1.807, 2.05) is 0 Å². The van der Waals surface area contributed by atoms with Crippen LogP contribution in [-0.2, 0) is 28.7 Å². The summed E-state index contributed by atoms with van der Waals surface area (Å²) in [6.45, 7) is 13.6. The number of amides is 3. The zero-order valence-electron chi connectivity index (χ0n) is 23.5. The lowest BCUT2D eigenvalue weighted by Gasteiger charge is -2.37. The highest BCUT2D eigenvalue weighted by Crippen LogP contribution is 2.21. The SMILES string of the molecule is CC(C)(C)OC(=O)Nc1nc(C(=NOC(C)(C)C(=O)OC(C)(C)C)C(=O)N[C@@H]2C(=O)N[C@@H]2CNCCO)cs1. The number of hydrogen-bond acceptors (Lipinski definition) is 12. The van der Waals surface area contributed by atoms with Crippen LogP contribution in [0.2, 0.25) is 0 Å². The number of ether oxygens (including phenoxy) is 2. The Kier molecular flexibility index (Phi) is 10.4. The molecule has 1 aliphatic heterocycles. The molecule has 1 aromatic rings. The summed E-state index contributed by atoms with van der Waals surface area (Å²) < 4.78 is 10.6. The van der Waals surface area contributed by atoms with Gasteiger partial charge in [0.15, 0.2) is 10.8 Å². The Balaban J connectivity index is 2.28. The minimum absolute atomic E-state index is 0.0261. The quantitative estimate of drug-likeness (QED) is 0.0840. The van der Waals surface area contributed by atoms with E-state index in [9.17, 15) is 19.2 Å². The molecular formula is C24H38N6O8S. The number of carbonyl (C=O) groups is 4.